The molecule has 1 unspecified atom stereocenters. The van der Waals surface area contributed by atoms with Crippen LogP contribution >= 0.6 is 0 Å². The van der Waals surface area contributed by atoms with Crippen LogP contribution in [0.3, 0.4) is 0 Å². The molecular weight excluding hydrogens is 260 g/mol. The lowest BCUT2D eigenvalue weighted by Crippen LogP contribution is -2.28. The molecule has 0 spiro atoms. The van der Waals surface area contributed by atoms with Crippen LogP contribution in [0.4, 0.5) is 0 Å². The summed E-state index contributed by atoms with van der Waals surface area (Å²) in [6.07, 6.45) is 6.98. The van der Waals surface area contributed by atoms with Gasteiger partial charge in [0.2, 0.25) is 0 Å². The maximum absolute atomic E-state index is 5.17. The average molecular weight is 284 g/mol. The molecule has 0 radical (unpaired) electrons. The maximum Gasteiger partial charge on any atom is 0.118 e. The molecule has 1 N–H and O–H groups in total. The lowest BCUT2D eigenvalue weighted by molar-refractivity contribution is 0.414. The van der Waals surface area contributed by atoms with E-state index in [2.05, 4.69) is 41.5 Å². The predicted octanol–water partition coefficient (Wildman–Crippen LogP) is 3.24. The molecule has 2 aromatic rings. The van der Waals surface area contributed by atoms with Gasteiger partial charge in [-0.25, -0.2) is 0 Å². The Morgan fingerprint density at radius 2 is 1.67 bits per heavy atom. The number of ether oxygens (including phenoxy) is 1. The molecule has 112 valence electrons. The van der Waals surface area contributed by atoms with Crippen LogP contribution in [0.5, 0.6) is 5.75 Å². The van der Waals surface area contributed by atoms with Gasteiger partial charge in [0.1, 0.15) is 5.75 Å². The zero-order valence-corrected chi connectivity index (χ0v) is 12.9. The molecule has 21 heavy (non-hydrogen) atoms. The zero-order valence-electron chi connectivity index (χ0n) is 12.9. The molecule has 1 atom stereocenters. The van der Waals surface area contributed by atoms with Crippen molar-refractivity contribution in [2.75, 3.05) is 13.7 Å². The standard InChI is InChI=1S/C18H24N2O/c1-15(20-14-11-17-9-12-19-13-10-17)3-4-16-5-7-18(21-2)8-6-16/h5-10,12-13,15,20H,3-4,11,14H2,1-2H3. The first-order chi connectivity index (χ1) is 10.3. The summed E-state index contributed by atoms with van der Waals surface area (Å²) in [4.78, 5) is 4.03. The van der Waals surface area contributed by atoms with E-state index in [0.717, 1.165) is 31.6 Å². The third-order valence-electron chi connectivity index (χ3n) is 3.68. The monoisotopic (exact) mass is 284 g/mol. The third-order valence-corrected chi connectivity index (χ3v) is 3.68. The lowest BCUT2D eigenvalue weighted by atomic mass is 10.1. The Morgan fingerprint density at radius 1 is 1.00 bits per heavy atom. The smallest absolute Gasteiger partial charge is 0.118 e. The van der Waals surface area contributed by atoms with Crippen LogP contribution < -0.4 is 10.1 Å². The Bertz CT molecular complexity index is 511. The van der Waals surface area contributed by atoms with Crippen molar-refractivity contribution in [1.82, 2.24) is 10.3 Å². The fourth-order valence-corrected chi connectivity index (χ4v) is 2.29. The van der Waals surface area contributed by atoms with E-state index in [9.17, 15) is 0 Å². The van der Waals surface area contributed by atoms with Crippen molar-refractivity contribution in [3.63, 3.8) is 0 Å². The summed E-state index contributed by atoms with van der Waals surface area (Å²) >= 11 is 0. The summed E-state index contributed by atoms with van der Waals surface area (Å²) in [5.41, 5.74) is 2.69. The highest BCUT2D eigenvalue weighted by Crippen LogP contribution is 2.13. The molecule has 1 heterocycles. The minimum atomic E-state index is 0.522. The molecule has 3 nitrogen and oxygen atoms in total. The number of rotatable bonds is 8. The molecule has 0 aliphatic carbocycles. The Labute approximate surface area is 127 Å². The van der Waals surface area contributed by atoms with Gasteiger partial charge >= 0.3 is 0 Å². The van der Waals surface area contributed by atoms with Crippen molar-refractivity contribution in [3.8, 4) is 5.75 Å². The summed E-state index contributed by atoms with van der Waals surface area (Å²) in [6, 6.07) is 13.0. The summed E-state index contributed by atoms with van der Waals surface area (Å²) in [7, 11) is 1.70. The van der Waals surface area contributed by atoms with Gasteiger partial charge in [-0.3, -0.25) is 4.98 Å². The van der Waals surface area contributed by atoms with Gasteiger partial charge in [-0.15, -0.1) is 0 Å². The second-order valence-corrected chi connectivity index (χ2v) is 5.35. The molecule has 0 aliphatic rings. The van der Waals surface area contributed by atoms with Crippen molar-refractivity contribution in [2.45, 2.75) is 32.2 Å². The van der Waals surface area contributed by atoms with Gasteiger partial charge in [-0.2, -0.15) is 0 Å². The SMILES string of the molecule is COc1ccc(CCC(C)NCCc2ccncc2)cc1. The number of hydrogen-bond donors (Lipinski definition) is 1. The van der Waals surface area contributed by atoms with Crippen LogP contribution in [0.1, 0.15) is 24.5 Å². The van der Waals surface area contributed by atoms with Crippen LogP contribution in [0, 0.1) is 0 Å². The van der Waals surface area contributed by atoms with Crippen LogP contribution in [-0.4, -0.2) is 24.7 Å². The summed E-state index contributed by atoms with van der Waals surface area (Å²) in [5, 5.41) is 3.58. The normalized spacial score (nSPS) is 12.1. The second kappa shape index (κ2) is 8.42. The Kier molecular flexibility index (Phi) is 6.22. The van der Waals surface area contributed by atoms with E-state index in [1.807, 2.05) is 24.5 Å². The third kappa shape index (κ3) is 5.56. The molecule has 1 aromatic carbocycles. The zero-order chi connectivity index (χ0) is 14.9. The maximum atomic E-state index is 5.17. The number of benzene rings is 1. The minimum absolute atomic E-state index is 0.522. The van der Waals surface area contributed by atoms with E-state index in [4.69, 9.17) is 4.74 Å². The Morgan fingerprint density at radius 3 is 2.33 bits per heavy atom. The number of nitrogens with one attached hydrogen (secondary N) is 1. The summed E-state index contributed by atoms with van der Waals surface area (Å²) < 4.78 is 5.17. The molecular formula is C18H24N2O. The molecule has 0 bridgehead atoms. The van der Waals surface area contributed by atoms with Gasteiger partial charge in [-0.1, -0.05) is 12.1 Å². The molecule has 0 aliphatic heterocycles. The molecule has 0 saturated carbocycles. The molecule has 1 aromatic heterocycles. The highest BCUT2D eigenvalue weighted by atomic mass is 16.5. The first-order valence-corrected chi connectivity index (χ1v) is 7.53. The van der Waals surface area contributed by atoms with Crippen LogP contribution in [-0.2, 0) is 12.8 Å². The van der Waals surface area contributed by atoms with Gasteiger partial charge in [0, 0.05) is 18.4 Å². The van der Waals surface area contributed by atoms with Gasteiger partial charge in [-0.05, 0) is 68.1 Å². The predicted molar refractivity (Wildman–Crippen MR) is 86.7 cm³/mol. The number of hydrogen-bond acceptors (Lipinski definition) is 3. The quantitative estimate of drug-likeness (QED) is 0.808. The van der Waals surface area contributed by atoms with Gasteiger partial charge in [0.25, 0.3) is 0 Å². The second-order valence-electron chi connectivity index (χ2n) is 5.35. The largest absolute Gasteiger partial charge is 0.497 e. The molecule has 2 rings (SSSR count). The van der Waals surface area contributed by atoms with E-state index in [-0.39, 0.29) is 0 Å². The first kappa shape index (κ1) is 15.5. The van der Waals surface area contributed by atoms with E-state index in [1.54, 1.807) is 7.11 Å². The fourth-order valence-electron chi connectivity index (χ4n) is 2.29. The molecule has 0 amide bonds. The summed E-state index contributed by atoms with van der Waals surface area (Å²) in [6.45, 7) is 3.25. The Balaban J connectivity index is 1.66. The summed E-state index contributed by atoms with van der Waals surface area (Å²) in [5.74, 6) is 0.919. The number of aryl methyl sites for hydroxylation is 1. The van der Waals surface area contributed by atoms with Crippen molar-refractivity contribution < 1.29 is 4.74 Å². The number of aromatic nitrogens is 1. The van der Waals surface area contributed by atoms with E-state index in [0.29, 0.717) is 6.04 Å². The lowest BCUT2D eigenvalue weighted by Gasteiger charge is -2.14. The highest BCUT2D eigenvalue weighted by molar-refractivity contribution is 5.27. The van der Waals surface area contributed by atoms with Gasteiger partial charge in [0.15, 0.2) is 0 Å². The van der Waals surface area contributed by atoms with Crippen LogP contribution in [0.15, 0.2) is 48.8 Å². The molecule has 0 fully saturated rings. The van der Waals surface area contributed by atoms with Crippen LogP contribution in [0.2, 0.25) is 0 Å². The van der Waals surface area contributed by atoms with Crippen molar-refractivity contribution in [2.24, 2.45) is 0 Å². The first-order valence-electron chi connectivity index (χ1n) is 7.53. The van der Waals surface area contributed by atoms with E-state index >= 15 is 0 Å². The Hall–Kier alpha value is -1.87. The molecule has 3 heteroatoms. The van der Waals surface area contributed by atoms with E-state index in [1.165, 1.54) is 11.1 Å². The average Bonchev–Trinajstić information content (AvgIpc) is 2.54. The van der Waals surface area contributed by atoms with Gasteiger partial charge in [0.05, 0.1) is 7.11 Å². The number of nitrogens with zero attached hydrogens (tertiary/aromatic N) is 1. The van der Waals surface area contributed by atoms with Crippen LogP contribution in [0.25, 0.3) is 0 Å². The highest BCUT2D eigenvalue weighted by Gasteiger charge is 2.02. The minimum Gasteiger partial charge on any atom is -0.497 e. The van der Waals surface area contributed by atoms with Gasteiger partial charge < -0.3 is 10.1 Å². The number of pyridine rings is 1. The number of methoxy groups -OCH3 is 1. The molecule has 0 saturated heterocycles. The fraction of sp³-hybridized carbons (Fsp3) is 0.389. The van der Waals surface area contributed by atoms with Crippen molar-refractivity contribution >= 4 is 0 Å². The van der Waals surface area contributed by atoms with Crippen molar-refractivity contribution in [3.05, 3.63) is 59.9 Å². The topological polar surface area (TPSA) is 34.1 Å². The van der Waals surface area contributed by atoms with E-state index < -0.39 is 0 Å². The van der Waals surface area contributed by atoms with Crippen molar-refractivity contribution in [1.29, 1.82) is 0 Å².